The van der Waals surface area contributed by atoms with E-state index in [1.807, 2.05) is 6.92 Å². The molecule has 0 radical (unpaired) electrons. The zero-order valence-corrected chi connectivity index (χ0v) is 16.5. The SMILES string of the molecule is Cc1ccc(S(=O)(=O)NCC(=O)OCC(=O)c2ccc3c(c2)CCO3)cc1C. The Morgan fingerprint density at radius 3 is 2.64 bits per heavy atom. The number of ketones is 1. The maximum atomic E-state index is 12.3. The van der Waals surface area contributed by atoms with Gasteiger partial charge in [-0.2, -0.15) is 4.72 Å². The normalized spacial score (nSPS) is 12.9. The highest BCUT2D eigenvalue weighted by molar-refractivity contribution is 7.89. The smallest absolute Gasteiger partial charge is 0.321 e. The van der Waals surface area contributed by atoms with E-state index in [1.54, 1.807) is 31.2 Å². The van der Waals surface area contributed by atoms with Crippen LogP contribution >= 0.6 is 0 Å². The van der Waals surface area contributed by atoms with Crippen LogP contribution in [0.1, 0.15) is 27.0 Å². The molecule has 1 aliphatic rings. The number of carbonyl (C=O) groups is 2. The molecular formula is C20H21NO6S. The largest absolute Gasteiger partial charge is 0.493 e. The van der Waals surface area contributed by atoms with E-state index in [9.17, 15) is 18.0 Å². The number of rotatable bonds is 7. The standard InChI is InChI=1S/C20H21NO6S/c1-13-3-5-17(9-14(13)2)28(24,25)21-11-20(23)27-12-18(22)15-4-6-19-16(10-15)7-8-26-19/h3-6,9-10,21H,7-8,11-12H2,1-2H3. The minimum atomic E-state index is -3.84. The van der Waals surface area contributed by atoms with Crippen molar-refractivity contribution in [2.75, 3.05) is 19.8 Å². The summed E-state index contributed by atoms with van der Waals surface area (Å²) in [4.78, 5) is 24.1. The van der Waals surface area contributed by atoms with Crippen molar-refractivity contribution in [3.63, 3.8) is 0 Å². The van der Waals surface area contributed by atoms with E-state index in [0.29, 0.717) is 12.2 Å². The van der Waals surface area contributed by atoms with Crippen molar-refractivity contribution in [3.8, 4) is 5.75 Å². The molecule has 8 heteroatoms. The number of Topliss-reactive ketones (excluding diaryl/α,β-unsaturated/α-hetero) is 1. The summed E-state index contributed by atoms with van der Waals surface area (Å²) >= 11 is 0. The number of esters is 1. The van der Waals surface area contributed by atoms with Crippen molar-refractivity contribution in [1.82, 2.24) is 4.72 Å². The topological polar surface area (TPSA) is 98.8 Å². The van der Waals surface area contributed by atoms with E-state index < -0.39 is 29.1 Å². The van der Waals surface area contributed by atoms with Crippen molar-refractivity contribution in [3.05, 3.63) is 58.7 Å². The molecule has 0 atom stereocenters. The number of nitrogens with one attached hydrogen (secondary N) is 1. The van der Waals surface area contributed by atoms with Gasteiger partial charge in [0.15, 0.2) is 12.4 Å². The van der Waals surface area contributed by atoms with Gasteiger partial charge < -0.3 is 9.47 Å². The van der Waals surface area contributed by atoms with Crippen LogP contribution in [0.5, 0.6) is 5.75 Å². The number of hydrogen-bond donors (Lipinski definition) is 1. The zero-order valence-electron chi connectivity index (χ0n) is 15.7. The molecule has 1 N–H and O–H groups in total. The molecule has 0 aromatic heterocycles. The number of fused-ring (bicyclic) bond motifs is 1. The fourth-order valence-electron chi connectivity index (χ4n) is 2.76. The number of benzene rings is 2. The molecule has 0 fully saturated rings. The number of aryl methyl sites for hydroxylation is 2. The zero-order chi connectivity index (χ0) is 20.3. The molecule has 2 aromatic carbocycles. The molecule has 148 valence electrons. The highest BCUT2D eigenvalue weighted by atomic mass is 32.2. The summed E-state index contributed by atoms with van der Waals surface area (Å²) in [5.41, 5.74) is 3.16. The molecule has 0 bridgehead atoms. The highest BCUT2D eigenvalue weighted by Crippen LogP contribution is 2.26. The summed E-state index contributed by atoms with van der Waals surface area (Å²) in [6, 6.07) is 9.75. The third-order valence-corrected chi connectivity index (χ3v) is 5.97. The fraction of sp³-hybridized carbons (Fsp3) is 0.300. The molecule has 0 amide bonds. The van der Waals surface area contributed by atoms with Crippen LogP contribution in [0.3, 0.4) is 0 Å². The minimum absolute atomic E-state index is 0.0693. The average Bonchev–Trinajstić information content (AvgIpc) is 3.14. The Kier molecular flexibility index (Phi) is 5.81. The van der Waals surface area contributed by atoms with Crippen LogP contribution in [0, 0.1) is 13.8 Å². The van der Waals surface area contributed by atoms with Crippen molar-refractivity contribution in [1.29, 1.82) is 0 Å². The first-order valence-electron chi connectivity index (χ1n) is 8.78. The second-order valence-electron chi connectivity index (χ2n) is 6.58. The second kappa shape index (κ2) is 8.12. The number of sulfonamides is 1. The molecule has 1 aliphatic heterocycles. The summed E-state index contributed by atoms with van der Waals surface area (Å²) in [6.45, 7) is 3.26. The molecule has 0 saturated carbocycles. The monoisotopic (exact) mass is 403 g/mol. The summed E-state index contributed by atoms with van der Waals surface area (Å²) in [5.74, 6) is -0.431. The Balaban J connectivity index is 1.52. The van der Waals surface area contributed by atoms with Crippen LogP contribution in [0.2, 0.25) is 0 Å². The first kappa shape index (κ1) is 20.0. The summed E-state index contributed by atoms with van der Waals surface area (Å²) in [6.07, 6.45) is 0.733. The molecule has 3 rings (SSSR count). The van der Waals surface area contributed by atoms with Crippen LogP contribution in [0.25, 0.3) is 0 Å². The molecule has 0 spiro atoms. The molecule has 0 saturated heterocycles. The Hall–Kier alpha value is -2.71. The molecular weight excluding hydrogens is 382 g/mol. The van der Waals surface area contributed by atoms with Gasteiger partial charge in [-0.1, -0.05) is 6.07 Å². The molecule has 7 nitrogen and oxygen atoms in total. The van der Waals surface area contributed by atoms with Crippen LogP contribution in [-0.4, -0.2) is 39.9 Å². The summed E-state index contributed by atoms with van der Waals surface area (Å²) < 4.78 is 37.0. The lowest BCUT2D eigenvalue weighted by Crippen LogP contribution is -2.31. The van der Waals surface area contributed by atoms with Crippen LogP contribution in [-0.2, 0) is 26.0 Å². The average molecular weight is 403 g/mol. The Morgan fingerprint density at radius 2 is 1.89 bits per heavy atom. The first-order valence-corrected chi connectivity index (χ1v) is 10.3. The molecule has 28 heavy (non-hydrogen) atoms. The van der Waals surface area contributed by atoms with Crippen molar-refractivity contribution < 1.29 is 27.5 Å². The van der Waals surface area contributed by atoms with Gasteiger partial charge in [0, 0.05) is 12.0 Å². The van der Waals surface area contributed by atoms with Gasteiger partial charge in [0.2, 0.25) is 10.0 Å². The van der Waals surface area contributed by atoms with Gasteiger partial charge in [-0.15, -0.1) is 0 Å². The number of hydrogen-bond acceptors (Lipinski definition) is 6. The lowest BCUT2D eigenvalue weighted by atomic mass is 10.1. The van der Waals surface area contributed by atoms with E-state index in [4.69, 9.17) is 9.47 Å². The number of ether oxygens (including phenoxy) is 2. The van der Waals surface area contributed by atoms with Crippen LogP contribution < -0.4 is 9.46 Å². The third kappa shape index (κ3) is 4.58. The van der Waals surface area contributed by atoms with Crippen molar-refractivity contribution >= 4 is 21.8 Å². The third-order valence-electron chi connectivity index (χ3n) is 4.57. The van der Waals surface area contributed by atoms with E-state index >= 15 is 0 Å². The van der Waals surface area contributed by atoms with Gasteiger partial charge in [0.05, 0.1) is 11.5 Å². The van der Waals surface area contributed by atoms with Crippen molar-refractivity contribution in [2.24, 2.45) is 0 Å². The highest BCUT2D eigenvalue weighted by Gasteiger charge is 2.19. The predicted molar refractivity (Wildman–Crippen MR) is 102 cm³/mol. The van der Waals surface area contributed by atoms with E-state index in [2.05, 4.69) is 4.72 Å². The van der Waals surface area contributed by atoms with Gasteiger partial charge in [-0.3, -0.25) is 9.59 Å². The van der Waals surface area contributed by atoms with E-state index in [1.165, 1.54) is 12.1 Å². The quantitative estimate of drug-likeness (QED) is 0.560. The van der Waals surface area contributed by atoms with Crippen molar-refractivity contribution in [2.45, 2.75) is 25.2 Å². The minimum Gasteiger partial charge on any atom is -0.493 e. The Bertz CT molecular complexity index is 1030. The Labute approximate surface area is 163 Å². The van der Waals surface area contributed by atoms with Gasteiger partial charge in [-0.25, -0.2) is 8.42 Å². The molecule has 0 unspecified atom stereocenters. The maximum Gasteiger partial charge on any atom is 0.321 e. The Morgan fingerprint density at radius 1 is 1.11 bits per heavy atom. The second-order valence-corrected chi connectivity index (χ2v) is 8.34. The molecule has 1 heterocycles. The van der Waals surface area contributed by atoms with Gasteiger partial charge in [0.25, 0.3) is 0 Å². The van der Waals surface area contributed by atoms with Crippen LogP contribution in [0.15, 0.2) is 41.3 Å². The first-order chi connectivity index (χ1) is 13.3. The fourth-order valence-corrected chi connectivity index (χ4v) is 3.81. The molecule has 0 aliphatic carbocycles. The lowest BCUT2D eigenvalue weighted by Gasteiger charge is -2.09. The predicted octanol–water partition coefficient (Wildman–Crippen LogP) is 1.94. The molecule has 2 aromatic rings. The van der Waals surface area contributed by atoms with E-state index in [-0.39, 0.29) is 10.7 Å². The lowest BCUT2D eigenvalue weighted by molar-refractivity contribution is -0.141. The van der Waals surface area contributed by atoms with Gasteiger partial charge in [0.1, 0.15) is 12.3 Å². The number of carbonyl (C=O) groups excluding carboxylic acids is 2. The summed E-state index contributed by atoms with van der Waals surface area (Å²) in [5, 5.41) is 0. The van der Waals surface area contributed by atoms with Gasteiger partial charge >= 0.3 is 5.97 Å². The van der Waals surface area contributed by atoms with E-state index in [0.717, 1.165) is 28.9 Å². The maximum absolute atomic E-state index is 12.3. The van der Waals surface area contributed by atoms with Gasteiger partial charge in [-0.05, 0) is 60.9 Å². The van der Waals surface area contributed by atoms with Crippen LogP contribution in [0.4, 0.5) is 0 Å². The summed E-state index contributed by atoms with van der Waals surface area (Å²) in [7, 11) is -3.84.